The molecule has 4 nitrogen and oxygen atoms in total. The van der Waals surface area contributed by atoms with Crippen molar-refractivity contribution < 1.29 is 9.00 Å². The van der Waals surface area contributed by atoms with Crippen molar-refractivity contribution in [3.63, 3.8) is 0 Å². The number of carbonyl (C=O) groups is 1. The molecule has 0 saturated carbocycles. The van der Waals surface area contributed by atoms with Crippen molar-refractivity contribution in [2.45, 2.75) is 38.6 Å². The largest absolute Gasteiger partial charge is 0.356 e. The fraction of sp³-hybridized carbons (Fsp3) is 0.917. The Labute approximate surface area is 106 Å². The molecule has 1 heterocycles. The third kappa shape index (κ3) is 6.17. The maximum Gasteiger partial charge on any atom is 0.221 e. The summed E-state index contributed by atoms with van der Waals surface area (Å²) in [5.74, 6) is 1.36. The lowest BCUT2D eigenvalue weighted by atomic mass is 9.90. The molecular formula is C12H24N2O2S. The van der Waals surface area contributed by atoms with Crippen molar-refractivity contribution in [2.75, 3.05) is 25.1 Å². The van der Waals surface area contributed by atoms with Crippen LogP contribution in [0.1, 0.15) is 32.6 Å². The molecule has 3 unspecified atom stereocenters. The second-order valence-electron chi connectivity index (χ2n) is 4.87. The number of hydrogen-bond donors (Lipinski definition) is 2. The summed E-state index contributed by atoms with van der Waals surface area (Å²) in [6.07, 6.45) is 5.47. The molecule has 0 radical (unpaired) electrons. The molecule has 1 aliphatic heterocycles. The van der Waals surface area contributed by atoms with E-state index < -0.39 is 10.8 Å². The monoisotopic (exact) mass is 260 g/mol. The standard InChI is InChI=1S/C12H24N2O2S/c1-10-5-3-6-13-11(10)9-12(15)14-7-4-8-17(2)16/h10-11,13H,3-9H2,1-2H3,(H,14,15). The van der Waals surface area contributed by atoms with Crippen molar-refractivity contribution in [2.24, 2.45) is 5.92 Å². The van der Waals surface area contributed by atoms with Crippen LogP contribution in [-0.2, 0) is 15.6 Å². The lowest BCUT2D eigenvalue weighted by Crippen LogP contribution is -2.43. The quantitative estimate of drug-likeness (QED) is 0.689. The Kier molecular flexibility index (Phi) is 6.73. The maximum atomic E-state index is 11.7. The third-order valence-corrected chi connectivity index (χ3v) is 4.13. The van der Waals surface area contributed by atoms with Crippen LogP contribution in [0.15, 0.2) is 0 Å². The van der Waals surface area contributed by atoms with Crippen LogP contribution in [0.2, 0.25) is 0 Å². The Balaban J connectivity index is 2.13. The maximum absolute atomic E-state index is 11.7. The summed E-state index contributed by atoms with van der Waals surface area (Å²) in [7, 11) is -0.756. The zero-order chi connectivity index (χ0) is 12.7. The van der Waals surface area contributed by atoms with E-state index in [0.717, 1.165) is 13.0 Å². The van der Waals surface area contributed by atoms with Crippen LogP contribution in [-0.4, -0.2) is 41.3 Å². The number of piperidine rings is 1. The molecular weight excluding hydrogens is 236 g/mol. The molecule has 0 spiro atoms. The molecule has 0 bridgehead atoms. The average molecular weight is 260 g/mol. The second-order valence-corrected chi connectivity index (χ2v) is 6.42. The number of amides is 1. The van der Waals surface area contributed by atoms with Crippen molar-refractivity contribution in [1.29, 1.82) is 0 Å². The highest BCUT2D eigenvalue weighted by atomic mass is 32.2. The molecule has 5 heteroatoms. The Hall–Kier alpha value is -0.420. The van der Waals surface area contributed by atoms with E-state index in [9.17, 15) is 9.00 Å². The Morgan fingerprint density at radius 2 is 2.29 bits per heavy atom. The molecule has 1 fully saturated rings. The third-order valence-electron chi connectivity index (χ3n) is 3.27. The van der Waals surface area contributed by atoms with Gasteiger partial charge in [-0.1, -0.05) is 6.92 Å². The van der Waals surface area contributed by atoms with Crippen LogP contribution in [0, 0.1) is 5.92 Å². The minimum Gasteiger partial charge on any atom is -0.356 e. The molecule has 17 heavy (non-hydrogen) atoms. The topological polar surface area (TPSA) is 58.2 Å². The summed E-state index contributed by atoms with van der Waals surface area (Å²) in [6.45, 7) is 3.86. The fourth-order valence-electron chi connectivity index (χ4n) is 2.16. The zero-order valence-corrected chi connectivity index (χ0v) is 11.6. The highest BCUT2D eigenvalue weighted by molar-refractivity contribution is 7.84. The van der Waals surface area contributed by atoms with Gasteiger partial charge in [0.05, 0.1) is 0 Å². The minimum atomic E-state index is -0.756. The van der Waals surface area contributed by atoms with Crippen LogP contribution >= 0.6 is 0 Å². The number of nitrogens with one attached hydrogen (secondary N) is 2. The molecule has 0 aliphatic carbocycles. The normalized spacial score (nSPS) is 26.5. The molecule has 1 rings (SSSR count). The van der Waals surface area contributed by atoms with Crippen molar-refractivity contribution in [3.8, 4) is 0 Å². The SMILES string of the molecule is CC1CCCNC1CC(=O)NCCCS(C)=O. The molecule has 1 saturated heterocycles. The molecule has 0 aromatic heterocycles. The molecule has 1 amide bonds. The lowest BCUT2D eigenvalue weighted by Gasteiger charge is -2.29. The first-order valence-corrected chi connectivity index (χ1v) is 8.12. The predicted molar refractivity (Wildman–Crippen MR) is 71.4 cm³/mol. The zero-order valence-electron chi connectivity index (χ0n) is 10.8. The first-order valence-electron chi connectivity index (χ1n) is 6.39. The van der Waals surface area contributed by atoms with Crippen molar-refractivity contribution >= 4 is 16.7 Å². The van der Waals surface area contributed by atoms with E-state index >= 15 is 0 Å². The van der Waals surface area contributed by atoms with E-state index in [-0.39, 0.29) is 5.91 Å². The Bertz CT molecular complexity index is 271. The highest BCUT2D eigenvalue weighted by Gasteiger charge is 2.22. The van der Waals surface area contributed by atoms with Gasteiger partial charge in [0.2, 0.25) is 5.91 Å². The predicted octanol–water partition coefficient (Wildman–Crippen LogP) is 0.649. The van der Waals surface area contributed by atoms with E-state index in [1.54, 1.807) is 6.26 Å². The van der Waals surface area contributed by atoms with E-state index in [1.165, 1.54) is 12.8 Å². The van der Waals surface area contributed by atoms with Gasteiger partial charge in [-0.2, -0.15) is 0 Å². The summed E-state index contributed by atoms with van der Waals surface area (Å²) in [4.78, 5) is 11.7. The van der Waals surface area contributed by atoms with E-state index in [4.69, 9.17) is 0 Å². The number of carbonyl (C=O) groups excluding carboxylic acids is 1. The van der Waals surface area contributed by atoms with Gasteiger partial charge in [-0.05, 0) is 31.7 Å². The van der Waals surface area contributed by atoms with Crippen LogP contribution < -0.4 is 10.6 Å². The molecule has 3 atom stereocenters. The van der Waals surface area contributed by atoms with Crippen molar-refractivity contribution in [3.05, 3.63) is 0 Å². The van der Waals surface area contributed by atoms with Crippen LogP contribution in [0.25, 0.3) is 0 Å². The Morgan fingerprint density at radius 1 is 1.53 bits per heavy atom. The Morgan fingerprint density at radius 3 is 2.94 bits per heavy atom. The average Bonchev–Trinajstić information content (AvgIpc) is 2.27. The first kappa shape index (κ1) is 14.6. The van der Waals surface area contributed by atoms with Gasteiger partial charge in [-0.25, -0.2) is 0 Å². The van der Waals surface area contributed by atoms with Crippen LogP contribution in [0.4, 0.5) is 0 Å². The van der Waals surface area contributed by atoms with Gasteiger partial charge in [0, 0.05) is 41.8 Å². The lowest BCUT2D eigenvalue weighted by molar-refractivity contribution is -0.121. The minimum absolute atomic E-state index is 0.109. The molecule has 2 N–H and O–H groups in total. The molecule has 0 aromatic rings. The second kappa shape index (κ2) is 7.82. The molecule has 0 aromatic carbocycles. The van der Waals surface area contributed by atoms with Crippen molar-refractivity contribution in [1.82, 2.24) is 10.6 Å². The van der Waals surface area contributed by atoms with Gasteiger partial charge in [0.15, 0.2) is 0 Å². The fourth-order valence-corrected chi connectivity index (χ4v) is 2.71. The number of rotatable bonds is 6. The van der Waals surface area contributed by atoms with E-state index in [1.807, 2.05) is 0 Å². The molecule has 1 aliphatic rings. The van der Waals surface area contributed by atoms with Gasteiger partial charge in [0.25, 0.3) is 0 Å². The van der Waals surface area contributed by atoms with Crippen LogP contribution in [0.3, 0.4) is 0 Å². The van der Waals surface area contributed by atoms with Crippen LogP contribution in [0.5, 0.6) is 0 Å². The van der Waals surface area contributed by atoms with E-state index in [0.29, 0.717) is 30.7 Å². The van der Waals surface area contributed by atoms with Gasteiger partial charge < -0.3 is 10.6 Å². The highest BCUT2D eigenvalue weighted by Crippen LogP contribution is 2.17. The summed E-state index contributed by atoms with van der Waals surface area (Å²) in [5, 5.41) is 6.29. The first-order chi connectivity index (χ1) is 8.09. The number of hydrogen-bond acceptors (Lipinski definition) is 3. The van der Waals surface area contributed by atoms with E-state index in [2.05, 4.69) is 17.6 Å². The van der Waals surface area contributed by atoms with Gasteiger partial charge in [-0.3, -0.25) is 9.00 Å². The smallest absolute Gasteiger partial charge is 0.221 e. The van der Waals surface area contributed by atoms with Gasteiger partial charge in [-0.15, -0.1) is 0 Å². The summed E-state index contributed by atoms with van der Waals surface area (Å²) in [5.41, 5.74) is 0. The summed E-state index contributed by atoms with van der Waals surface area (Å²) >= 11 is 0. The summed E-state index contributed by atoms with van der Waals surface area (Å²) < 4.78 is 10.8. The summed E-state index contributed by atoms with van der Waals surface area (Å²) in [6, 6.07) is 0.323. The van der Waals surface area contributed by atoms with Gasteiger partial charge >= 0.3 is 0 Å². The molecule has 100 valence electrons. The van der Waals surface area contributed by atoms with Gasteiger partial charge in [0.1, 0.15) is 0 Å².